The zero-order valence-electron chi connectivity index (χ0n) is 18.9. The average molecular weight is 425 g/mol. The van der Waals surface area contributed by atoms with E-state index in [0.717, 1.165) is 50.7 Å². The number of fused-ring (bicyclic) bond motifs is 1. The zero-order chi connectivity index (χ0) is 21.5. The molecule has 2 unspecified atom stereocenters. The highest BCUT2D eigenvalue weighted by Crippen LogP contribution is 2.24. The summed E-state index contributed by atoms with van der Waals surface area (Å²) in [5.41, 5.74) is 4.36. The standard InChI is InChI=1S/C24H36N6O/c1-3-23-29-27-17-30(23)13-12-25-24(26-16-22-9-6-14-31-22)28-18(2)20-11-10-19-7-4-5-8-21(19)15-20/h10-11,15,17-18,22H,3-9,12-14,16H2,1-2H3,(H2,25,26,28). The average Bonchev–Trinajstić information content (AvgIpc) is 3.48. The number of nitrogens with one attached hydrogen (secondary N) is 2. The maximum atomic E-state index is 5.77. The molecule has 2 N–H and O–H groups in total. The Balaban J connectivity index is 1.39. The van der Waals surface area contributed by atoms with E-state index >= 15 is 0 Å². The van der Waals surface area contributed by atoms with Gasteiger partial charge in [-0.1, -0.05) is 25.1 Å². The van der Waals surface area contributed by atoms with Gasteiger partial charge in [0.05, 0.1) is 18.7 Å². The molecule has 1 fully saturated rings. The highest BCUT2D eigenvalue weighted by Gasteiger charge is 2.17. The van der Waals surface area contributed by atoms with Gasteiger partial charge in [0.15, 0.2) is 5.96 Å². The molecule has 7 nitrogen and oxygen atoms in total. The summed E-state index contributed by atoms with van der Waals surface area (Å²) in [5.74, 6) is 1.85. The summed E-state index contributed by atoms with van der Waals surface area (Å²) in [7, 11) is 0. The van der Waals surface area contributed by atoms with Crippen LogP contribution >= 0.6 is 0 Å². The molecule has 1 saturated heterocycles. The van der Waals surface area contributed by atoms with Crippen LogP contribution in [0.4, 0.5) is 0 Å². The predicted molar refractivity (Wildman–Crippen MR) is 123 cm³/mol. The molecule has 1 aliphatic heterocycles. The molecule has 31 heavy (non-hydrogen) atoms. The summed E-state index contributed by atoms with van der Waals surface area (Å²) in [6.07, 6.45) is 10.2. The molecule has 0 saturated carbocycles. The van der Waals surface area contributed by atoms with Crippen LogP contribution in [0.2, 0.25) is 0 Å². The third-order valence-electron chi connectivity index (χ3n) is 6.36. The third-order valence-corrected chi connectivity index (χ3v) is 6.36. The number of rotatable bonds is 8. The molecule has 1 aromatic heterocycles. The van der Waals surface area contributed by atoms with Gasteiger partial charge in [-0.15, -0.1) is 10.2 Å². The van der Waals surface area contributed by atoms with Gasteiger partial charge in [0.25, 0.3) is 0 Å². The lowest BCUT2D eigenvalue weighted by Gasteiger charge is -2.22. The summed E-state index contributed by atoms with van der Waals surface area (Å²) in [5, 5.41) is 15.3. The topological polar surface area (TPSA) is 76.4 Å². The minimum Gasteiger partial charge on any atom is -0.376 e. The van der Waals surface area contributed by atoms with Gasteiger partial charge in [0.1, 0.15) is 12.2 Å². The molecule has 0 amide bonds. The summed E-state index contributed by atoms with van der Waals surface area (Å²) in [6.45, 7) is 7.44. The van der Waals surface area contributed by atoms with Gasteiger partial charge in [0.2, 0.25) is 0 Å². The fourth-order valence-corrected chi connectivity index (χ4v) is 4.48. The van der Waals surface area contributed by atoms with E-state index in [0.29, 0.717) is 6.54 Å². The molecule has 1 aromatic carbocycles. The zero-order valence-corrected chi connectivity index (χ0v) is 18.9. The molecule has 2 atom stereocenters. The van der Waals surface area contributed by atoms with Gasteiger partial charge in [-0.25, -0.2) is 0 Å². The Morgan fingerprint density at radius 2 is 2.13 bits per heavy atom. The van der Waals surface area contributed by atoms with Crippen LogP contribution in [-0.2, 0) is 30.5 Å². The van der Waals surface area contributed by atoms with E-state index < -0.39 is 0 Å². The van der Waals surface area contributed by atoms with Crippen LogP contribution in [0.25, 0.3) is 0 Å². The number of aryl methyl sites for hydroxylation is 3. The second-order valence-electron chi connectivity index (χ2n) is 8.65. The largest absolute Gasteiger partial charge is 0.376 e. The van der Waals surface area contributed by atoms with E-state index in [2.05, 4.69) is 57.4 Å². The molecule has 2 aromatic rings. The smallest absolute Gasteiger partial charge is 0.191 e. The summed E-state index contributed by atoms with van der Waals surface area (Å²) in [6, 6.07) is 7.15. The van der Waals surface area contributed by atoms with E-state index in [4.69, 9.17) is 9.73 Å². The van der Waals surface area contributed by atoms with Gasteiger partial charge in [0, 0.05) is 26.1 Å². The van der Waals surface area contributed by atoms with Gasteiger partial charge in [-0.2, -0.15) is 0 Å². The number of aromatic nitrogens is 3. The number of guanidine groups is 1. The van der Waals surface area contributed by atoms with Crippen LogP contribution in [-0.4, -0.2) is 46.5 Å². The second-order valence-corrected chi connectivity index (χ2v) is 8.65. The van der Waals surface area contributed by atoms with Crippen molar-refractivity contribution < 1.29 is 4.74 Å². The first-order valence-electron chi connectivity index (χ1n) is 11.9. The van der Waals surface area contributed by atoms with Crippen molar-refractivity contribution in [2.45, 2.75) is 77.5 Å². The van der Waals surface area contributed by atoms with Gasteiger partial charge in [-0.05, 0) is 62.1 Å². The highest BCUT2D eigenvalue weighted by atomic mass is 16.5. The summed E-state index contributed by atoms with van der Waals surface area (Å²) >= 11 is 0. The minimum absolute atomic E-state index is 0.184. The first kappa shape index (κ1) is 21.8. The van der Waals surface area contributed by atoms with Crippen molar-refractivity contribution in [2.75, 3.05) is 19.7 Å². The number of aliphatic imine (C=N–C) groups is 1. The number of hydrogen-bond donors (Lipinski definition) is 2. The second kappa shape index (κ2) is 10.8. The first-order valence-corrected chi connectivity index (χ1v) is 11.9. The first-order chi connectivity index (χ1) is 15.2. The number of benzene rings is 1. The van der Waals surface area contributed by atoms with E-state index in [1.54, 1.807) is 6.33 Å². The quantitative estimate of drug-likeness (QED) is 0.503. The fraction of sp³-hybridized carbons (Fsp3) is 0.625. The Bertz CT molecular complexity index is 871. The Morgan fingerprint density at radius 3 is 2.94 bits per heavy atom. The Labute approximate surface area is 185 Å². The molecule has 168 valence electrons. The van der Waals surface area contributed by atoms with Crippen molar-refractivity contribution in [1.82, 2.24) is 25.4 Å². The van der Waals surface area contributed by atoms with E-state index in [1.807, 2.05) is 0 Å². The summed E-state index contributed by atoms with van der Waals surface area (Å²) in [4.78, 5) is 4.85. The third kappa shape index (κ3) is 5.85. The maximum Gasteiger partial charge on any atom is 0.191 e. The van der Waals surface area contributed by atoms with Crippen LogP contribution in [0.3, 0.4) is 0 Å². The van der Waals surface area contributed by atoms with Gasteiger partial charge < -0.3 is 19.9 Å². The van der Waals surface area contributed by atoms with E-state index in [1.165, 1.54) is 42.4 Å². The minimum atomic E-state index is 0.184. The van der Waals surface area contributed by atoms with Crippen LogP contribution in [0.1, 0.15) is 68.1 Å². The molecule has 2 heterocycles. The molecule has 4 rings (SSSR count). The van der Waals surface area contributed by atoms with Crippen molar-refractivity contribution in [3.63, 3.8) is 0 Å². The Kier molecular flexibility index (Phi) is 7.57. The number of ether oxygens (including phenoxy) is 1. The molecular formula is C24H36N6O. The lowest BCUT2D eigenvalue weighted by molar-refractivity contribution is 0.117. The fourth-order valence-electron chi connectivity index (χ4n) is 4.48. The molecule has 7 heteroatoms. The van der Waals surface area contributed by atoms with E-state index in [-0.39, 0.29) is 12.1 Å². The van der Waals surface area contributed by atoms with Gasteiger partial charge in [-0.3, -0.25) is 4.99 Å². The number of hydrogen-bond acceptors (Lipinski definition) is 4. The molecule has 2 aliphatic rings. The van der Waals surface area contributed by atoms with Crippen LogP contribution in [0, 0.1) is 0 Å². The number of nitrogens with zero attached hydrogens (tertiary/aromatic N) is 4. The van der Waals surface area contributed by atoms with Crippen molar-refractivity contribution in [3.8, 4) is 0 Å². The maximum absolute atomic E-state index is 5.77. The van der Waals surface area contributed by atoms with Crippen molar-refractivity contribution in [3.05, 3.63) is 47.0 Å². The molecule has 0 radical (unpaired) electrons. The molecule has 0 bridgehead atoms. The molecular weight excluding hydrogens is 388 g/mol. The van der Waals surface area contributed by atoms with Crippen LogP contribution in [0.5, 0.6) is 0 Å². The highest BCUT2D eigenvalue weighted by molar-refractivity contribution is 5.80. The lowest BCUT2D eigenvalue weighted by atomic mass is 9.89. The Morgan fingerprint density at radius 1 is 1.26 bits per heavy atom. The predicted octanol–water partition coefficient (Wildman–Crippen LogP) is 3.19. The summed E-state index contributed by atoms with van der Waals surface area (Å²) < 4.78 is 7.86. The van der Waals surface area contributed by atoms with Crippen molar-refractivity contribution in [1.29, 1.82) is 0 Å². The lowest BCUT2D eigenvalue weighted by Crippen LogP contribution is -2.41. The van der Waals surface area contributed by atoms with E-state index in [9.17, 15) is 0 Å². The normalized spacial score (nSPS) is 19.8. The van der Waals surface area contributed by atoms with Crippen LogP contribution in [0.15, 0.2) is 29.5 Å². The van der Waals surface area contributed by atoms with Crippen molar-refractivity contribution in [2.24, 2.45) is 4.99 Å². The monoisotopic (exact) mass is 424 g/mol. The van der Waals surface area contributed by atoms with Crippen LogP contribution < -0.4 is 10.6 Å². The van der Waals surface area contributed by atoms with Crippen molar-refractivity contribution >= 4 is 5.96 Å². The molecule has 0 spiro atoms. The van der Waals surface area contributed by atoms with Gasteiger partial charge >= 0.3 is 0 Å². The SMILES string of the molecule is CCc1nncn1CCNC(=NCC1CCCO1)NC(C)c1ccc2c(c1)CCCC2. The molecule has 1 aliphatic carbocycles. The Hall–Kier alpha value is -2.41.